The number of likely N-dealkylation sites (N-methyl/N-ethyl adjacent to an activating group) is 1. The molecule has 0 heterocycles. The molecule has 1 unspecified atom stereocenters. The summed E-state index contributed by atoms with van der Waals surface area (Å²) < 4.78 is 5.20. The van der Waals surface area contributed by atoms with Crippen molar-refractivity contribution in [3.05, 3.63) is 23.2 Å². The Balaban J connectivity index is 3.13. The monoisotopic (exact) mass is 257 g/mol. The minimum absolute atomic E-state index is 0.501. The highest BCUT2D eigenvalue weighted by Gasteiger charge is 2.23. The summed E-state index contributed by atoms with van der Waals surface area (Å²) in [5, 5.41) is 9.67. The molecular formula is C12H16ClNO3. The molecule has 0 saturated heterocycles. The third-order valence-corrected chi connectivity index (χ3v) is 2.90. The SMILES string of the molecule is CCC(C(=O)O)N(C)c1cc(Cl)ccc1OC. The summed E-state index contributed by atoms with van der Waals surface area (Å²) in [6.45, 7) is 1.83. The van der Waals surface area contributed by atoms with E-state index in [1.807, 2.05) is 6.92 Å². The van der Waals surface area contributed by atoms with Gasteiger partial charge in [-0.3, -0.25) is 0 Å². The molecule has 0 fully saturated rings. The molecule has 0 aliphatic carbocycles. The fourth-order valence-corrected chi connectivity index (χ4v) is 1.89. The predicted octanol–water partition coefficient (Wildman–Crippen LogP) is 2.65. The van der Waals surface area contributed by atoms with Crippen molar-refractivity contribution in [3.63, 3.8) is 0 Å². The van der Waals surface area contributed by atoms with Gasteiger partial charge in [0.05, 0.1) is 12.8 Å². The summed E-state index contributed by atoms with van der Waals surface area (Å²) in [5.74, 6) is -0.256. The fraction of sp³-hybridized carbons (Fsp3) is 0.417. The maximum Gasteiger partial charge on any atom is 0.326 e. The Morgan fingerprint density at radius 1 is 1.59 bits per heavy atom. The molecule has 0 amide bonds. The van der Waals surface area contributed by atoms with Gasteiger partial charge in [0.2, 0.25) is 0 Å². The molecule has 17 heavy (non-hydrogen) atoms. The lowest BCUT2D eigenvalue weighted by Crippen LogP contribution is -2.38. The van der Waals surface area contributed by atoms with Crippen LogP contribution in [-0.2, 0) is 4.79 Å². The Hall–Kier alpha value is -1.42. The van der Waals surface area contributed by atoms with Crippen LogP contribution in [0.2, 0.25) is 5.02 Å². The van der Waals surface area contributed by atoms with E-state index in [0.29, 0.717) is 22.9 Å². The third kappa shape index (κ3) is 3.03. The summed E-state index contributed by atoms with van der Waals surface area (Å²) in [6, 6.07) is 4.54. The van der Waals surface area contributed by atoms with Crippen molar-refractivity contribution in [1.29, 1.82) is 0 Å². The Morgan fingerprint density at radius 2 is 2.24 bits per heavy atom. The zero-order chi connectivity index (χ0) is 13.0. The van der Waals surface area contributed by atoms with Gasteiger partial charge in [-0.1, -0.05) is 18.5 Å². The van der Waals surface area contributed by atoms with Crippen LogP contribution in [0.3, 0.4) is 0 Å². The van der Waals surface area contributed by atoms with Gasteiger partial charge < -0.3 is 14.7 Å². The van der Waals surface area contributed by atoms with Crippen LogP contribution >= 0.6 is 11.6 Å². The second kappa shape index (κ2) is 5.77. The molecule has 1 rings (SSSR count). The van der Waals surface area contributed by atoms with E-state index in [9.17, 15) is 4.79 Å². The number of methoxy groups -OCH3 is 1. The number of carboxylic acids is 1. The zero-order valence-corrected chi connectivity index (χ0v) is 10.9. The maximum atomic E-state index is 11.1. The second-order valence-electron chi connectivity index (χ2n) is 3.69. The molecule has 0 aliphatic heterocycles. The van der Waals surface area contributed by atoms with Gasteiger partial charge in [-0.15, -0.1) is 0 Å². The molecule has 1 aromatic carbocycles. The minimum atomic E-state index is -0.864. The topological polar surface area (TPSA) is 49.8 Å². The van der Waals surface area contributed by atoms with Crippen molar-refractivity contribution in [2.24, 2.45) is 0 Å². The molecule has 1 aromatic rings. The van der Waals surface area contributed by atoms with E-state index in [4.69, 9.17) is 21.4 Å². The van der Waals surface area contributed by atoms with E-state index in [1.165, 1.54) is 0 Å². The largest absolute Gasteiger partial charge is 0.495 e. The van der Waals surface area contributed by atoms with Crippen molar-refractivity contribution >= 4 is 23.3 Å². The van der Waals surface area contributed by atoms with Crippen LogP contribution in [0.1, 0.15) is 13.3 Å². The molecule has 0 radical (unpaired) electrons. The van der Waals surface area contributed by atoms with Gasteiger partial charge in [0.25, 0.3) is 0 Å². The third-order valence-electron chi connectivity index (χ3n) is 2.66. The molecule has 94 valence electrons. The van der Waals surface area contributed by atoms with Gasteiger partial charge >= 0.3 is 5.97 Å². The molecule has 0 saturated carbocycles. The van der Waals surface area contributed by atoms with Crippen molar-refractivity contribution < 1.29 is 14.6 Å². The Bertz CT molecular complexity index is 409. The molecule has 1 atom stereocenters. The highest BCUT2D eigenvalue weighted by Crippen LogP contribution is 2.32. The van der Waals surface area contributed by atoms with E-state index in [1.54, 1.807) is 37.3 Å². The average Bonchev–Trinajstić information content (AvgIpc) is 2.29. The summed E-state index contributed by atoms with van der Waals surface area (Å²) >= 11 is 5.92. The summed E-state index contributed by atoms with van der Waals surface area (Å²) in [4.78, 5) is 12.8. The van der Waals surface area contributed by atoms with Gasteiger partial charge in [0.15, 0.2) is 0 Å². The number of ether oxygens (including phenoxy) is 1. The number of nitrogens with zero attached hydrogens (tertiary/aromatic N) is 1. The first kappa shape index (κ1) is 13.6. The number of carboxylic acid groups (broad SMARTS) is 1. The van der Waals surface area contributed by atoms with Crippen molar-refractivity contribution in [3.8, 4) is 5.75 Å². The molecular weight excluding hydrogens is 242 g/mol. The first-order chi connectivity index (χ1) is 8.01. The number of rotatable bonds is 5. The van der Waals surface area contributed by atoms with Gasteiger partial charge in [0, 0.05) is 12.1 Å². The number of anilines is 1. The van der Waals surface area contributed by atoms with Crippen LogP contribution in [0, 0.1) is 0 Å². The van der Waals surface area contributed by atoms with Crippen LogP contribution in [0.15, 0.2) is 18.2 Å². The molecule has 0 bridgehead atoms. The smallest absolute Gasteiger partial charge is 0.326 e. The Morgan fingerprint density at radius 3 is 2.71 bits per heavy atom. The van der Waals surface area contributed by atoms with Crippen molar-refractivity contribution in [1.82, 2.24) is 0 Å². The Labute approximate surface area is 106 Å². The zero-order valence-electron chi connectivity index (χ0n) is 10.1. The normalized spacial score (nSPS) is 12.0. The molecule has 0 aliphatic rings. The van der Waals surface area contributed by atoms with E-state index >= 15 is 0 Å². The molecule has 5 heteroatoms. The highest BCUT2D eigenvalue weighted by molar-refractivity contribution is 6.31. The van der Waals surface area contributed by atoms with E-state index in [2.05, 4.69) is 0 Å². The second-order valence-corrected chi connectivity index (χ2v) is 4.13. The highest BCUT2D eigenvalue weighted by atomic mass is 35.5. The lowest BCUT2D eigenvalue weighted by molar-refractivity contribution is -0.138. The predicted molar refractivity (Wildman–Crippen MR) is 68.1 cm³/mol. The van der Waals surface area contributed by atoms with Gasteiger partial charge in [0.1, 0.15) is 11.8 Å². The van der Waals surface area contributed by atoms with Crippen LogP contribution in [0.4, 0.5) is 5.69 Å². The molecule has 1 N–H and O–H groups in total. The first-order valence-electron chi connectivity index (χ1n) is 5.30. The lowest BCUT2D eigenvalue weighted by atomic mass is 10.1. The van der Waals surface area contributed by atoms with Crippen molar-refractivity contribution in [2.45, 2.75) is 19.4 Å². The fourth-order valence-electron chi connectivity index (χ4n) is 1.72. The number of halogens is 1. The van der Waals surface area contributed by atoms with Crippen LogP contribution < -0.4 is 9.64 Å². The lowest BCUT2D eigenvalue weighted by Gasteiger charge is -2.27. The van der Waals surface area contributed by atoms with Crippen LogP contribution in [-0.4, -0.2) is 31.3 Å². The summed E-state index contributed by atoms with van der Waals surface area (Å²) in [6.07, 6.45) is 0.501. The number of aliphatic carboxylic acids is 1. The maximum absolute atomic E-state index is 11.1. The number of hydrogen-bond acceptors (Lipinski definition) is 3. The molecule has 0 aromatic heterocycles. The Kier molecular flexibility index (Phi) is 4.63. The summed E-state index contributed by atoms with van der Waals surface area (Å²) in [7, 11) is 3.26. The average molecular weight is 258 g/mol. The molecule has 0 spiro atoms. The molecule has 4 nitrogen and oxygen atoms in total. The van der Waals surface area contributed by atoms with E-state index in [0.717, 1.165) is 0 Å². The standard InChI is InChI=1S/C12H16ClNO3/c1-4-9(12(15)16)14(2)10-7-8(13)5-6-11(10)17-3/h5-7,9H,4H2,1-3H3,(H,15,16). The van der Waals surface area contributed by atoms with Crippen LogP contribution in [0.5, 0.6) is 5.75 Å². The number of hydrogen-bond donors (Lipinski definition) is 1. The van der Waals surface area contributed by atoms with Crippen LogP contribution in [0.25, 0.3) is 0 Å². The van der Waals surface area contributed by atoms with Gasteiger partial charge in [-0.25, -0.2) is 4.79 Å². The van der Waals surface area contributed by atoms with Crippen molar-refractivity contribution in [2.75, 3.05) is 19.1 Å². The first-order valence-corrected chi connectivity index (χ1v) is 5.68. The van der Waals surface area contributed by atoms with Gasteiger partial charge in [-0.05, 0) is 24.6 Å². The quantitative estimate of drug-likeness (QED) is 0.881. The van der Waals surface area contributed by atoms with E-state index in [-0.39, 0.29) is 0 Å². The van der Waals surface area contributed by atoms with Gasteiger partial charge in [-0.2, -0.15) is 0 Å². The summed E-state index contributed by atoms with van der Waals surface area (Å²) in [5.41, 5.74) is 0.675. The number of benzene rings is 1. The minimum Gasteiger partial charge on any atom is -0.495 e. The van der Waals surface area contributed by atoms with E-state index < -0.39 is 12.0 Å². The number of carbonyl (C=O) groups is 1.